The number of hydrogen-bond donors (Lipinski definition) is 1. The van der Waals surface area contributed by atoms with E-state index >= 15 is 0 Å². The molecule has 0 amide bonds. The third-order valence-electron chi connectivity index (χ3n) is 8.19. The summed E-state index contributed by atoms with van der Waals surface area (Å²) in [7, 11) is -13.1. The molecule has 0 aliphatic carbocycles. The van der Waals surface area contributed by atoms with Gasteiger partial charge in [0.1, 0.15) is 0 Å². The Balaban J connectivity index is -0.0000000716. The van der Waals surface area contributed by atoms with Crippen LogP contribution in [0.3, 0.4) is 0 Å². The third-order valence-corrected chi connectivity index (χ3v) is 33.5. The highest BCUT2D eigenvalue weighted by molar-refractivity contribution is 6.88. The van der Waals surface area contributed by atoms with E-state index < -0.39 is 59.8 Å². The fourth-order valence-electron chi connectivity index (χ4n) is 6.23. The lowest BCUT2D eigenvalue weighted by atomic mass is 10.3. The Morgan fingerprint density at radius 2 is 0.774 bits per heavy atom. The van der Waals surface area contributed by atoms with Crippen LogP contribution in [0.1, 0.15) is 129 Å². The van der Waals surface area contributed by atoms with Crippen molar-refractivity contribution in [1.82, 2.24) is 15.2 Å². The standard InChI is InChI=1S/C19H49N2O5Si4.C13H36N2O4Si3.10CH4/c1-13-17-18-19-30(12,25-28(8,9)23-20(5)14-2)26-29(10,11)24-27(6,7)21(22,15-3)16-4;1-11-14(4)16-20(5,6)18-22(9,10)19-21(7,8)17-15(12-2)13-3;;;;;;;;;;/h13,22H,1,14-19H2,2-12H3;11-13H2,1-10H3;10*1H4/q+1;;;;;;;;;;;. The maximum absolute atomic E-state index is 11.1. The van der Waals surface area contributed by atoms with Crippen LogP contribution >= 0.6 is 0 Å². The van der Waals surface area contributed by atoms with Gasteiger partial charge in [0, 0.05) is 53.4 Å². The predicted molar refractivity (Wildman–Crippen MR) is 299 cm³/mol. The van der Waals surface area contributed by atoms with Crippen LogP contribution in [0.5, 0.6) is 0 Å². The van der Waals surface area contributed by atoms with Crippen molar-refractivity contribution in [2.75, 3.05) is 53.4 Å². The van der Waals surface area contributed by atoms with Gasteiger partial charge in [-0.3, -0.25) is 0 Å². The van der Waals surface area contributed by atoms with E-state index in [0.717, 1.165) is 45.1 Å². The Labute approximate surface area is 402 Å². The van der Waals surface area contributed by atoms with Crippen molar-refractivity contribution in [1.29, 1.82) is 0 Å². The summed E-state index contributed by atoms with van der Waals surface area (Å²) in [5.74, 6) is 0. The van der Waals surface area contributed by atoms with Crippen molar-refractivity contribution in [3.05, 3.63) is 12.7 Å². The van der Waals surface area contributed by atoms with E-state index in [4.69, 9.17) is 34.2 Å². The summed E-state index contributed by atoms with van der Waals surface area (Å²) in [4.78, 5) is 0. The zero-order chi connectivity index (χ0) is 41.5. The van der Waals surface area contributed by atoms with Crippen LogP contribution in [0.15, 0.2) is 12.7 Å². The van der Waals surface area contributed by atoms with Gasteiger partial charge in [-0.1, -0.05) is 108 Å². The second-order valence-corrected chi connectivity index (χ2v) is 41.2. The van der Waals surface area contributed by atoms with E-state index in [1.54, 1.807) is 0 Å². The number of hydrogen-bond acceptors (Lipinski definition) is 12. The summed E-state index contributed by atoms with van der Waals surface area (Å²) in [6.45, 7) is 47.6. The number of hydroxylamine groups is 8. The fraction of sp³-hybridized carbons (Fsp3) is 0.952. The van der Waals surface area contributed by atoms with E-state index in [9.17, 15) is 5.21 Å². The Bertz CT molecular complexity index is 1020. The number of rotatable bonds is 27. The first-order valence-electron chi connectivity index (χ1n) is 19.3. The average Bonchev–Trinajstić information content (AvgIpc) is 2.96. The van der Waals surface area contributed by atoms with Gasteiger partial charge in [0.2, 0.25) is 0 Å². The Hall–Kier alpha value is 0.738. The molecule has 0 radical (unpaired) electrons. The highest BCUT2D eigenvalue weighted by Gasteiger charge is 2.55. The molecule has 1 unspecified atom stereocenters. The molecule has 0 aromatic carbocycles. The molecule has 0 saturated heterocycles. The minimum Gasteiger partial charge on any atom is -0.416 e. The lowest BCUT2D eigenvalue weighted by Crippen LogP contribution is -2.69. The van der Waals surface area contributed by atoms with Crippen molar-refractivity contribution in [2.24, 2.45) is 0 Å². The molecule has 0 rings (SSSR count). The van der Waals surface area contributed by atoms with E-state index in [1.165, 1.54) is 0 Å². The first-order chi connectivity index (χ1) is 23.4. The first kappa shape index (κ1) is 92.9. The summed E-state index contributed by atoms with van der Waals surface area (Å²) in [5.41, 5.74) is 0. The summed E-state index contributed by atoms with van der Waals surface area (Å²) in [6.07, 6.45) is 3.84. The van der Waals surface area contributed by atoms with Gasteiger partial charge in [0.05, 0.1) is 13.1 Å². The highest BCUT2D eigenvalue weighted by Crippen LogP contribution is 2.31. The van der Waals surface area contributed by atoms with Gasteiger partial charge in [-0.2, -0.15) is 5.06 Å². The Morgan fingerprint density at radius 3 is 1.08 bits per heavy atom. The zero-order valence-electron chi connectivity index (χ0n) is 37.7. The normalized spacial score (nSPS) is 12.8. The average molecular weight is 1030 g/mol. The first-order valence-corrected chi connectivity index (χ1v) is 38.8. The number of unbranched alkanes of at least 4 members (excludes halogenated alkanes) is 1. The molecule has 1 atom stereocenters. The van der Waals surface area contributed by atoms with Crippen LogP contribution < -0.4 is 0 Å². The number of allylic oxidation sites excluding steroid dienone is 1. The second kappa shape index (κ2) is 39.7. The van der Waals surface area contributed by atoms with Crippen LogP contribution in [0.25, 0.3) is 0 Å². The van der Waals surface area contributed by atoms with Gasteiger partial charge in [-0.05, 0) is 105 Å². The number of nitrogens with zero attached hydrogens (tertiary/aromatic N) is 4. The molecule has 1 N–H and O–H groups in total. The molecular weight excluding hydrogens is 901 g/mol. The molecule has 0 aromatic rings. The van der Waals surface area contributed by atoms with E-state index in [2.05, 4.69) is 119 Å². The van der Waals surface area contributed by atoms with Crippen molar-refractivity contribution < 1.29 is 43.7 Å². The maximum Gasteiger partial charge on any atom is 0.453 e. The molecule has 0 spiro atoms. The van der Waals surface area contributed by atoms with Crippen molar-refractivity contribution in [2.45, 2.75) is 220 Å². The minimum atomic E-state index is -2.58. The lowest BCUT2D eigenvalue weighted by molar-refractivity contribution is -1.03. The zero-order valence-corrected chi connectivity index (χ0v) is 44.7. The predicted octanol–water partition coefficient (Wildman–Crippen LogP) is 15.0. The quantitative estimate of drug-likeness (QED) is 0.0367. The molecule has 0 heterocycles. The SMILES string of the molecule is C.C.C.C.C.C.C.C.C.C.C=CCCC[Si](C)(O[Si](C)(C)ON(C)CC)O[Si](C)(C)O[Si](C)(C)[N+](O)(CC)CC.CCN(C)O[Si](C)(C)O[Si](C)(C)O[Si](C)(C)ON(CC)CC. The summed E-state index contributed by atoms with van der Waals surface area (Å²) < 4.78 is 50.9. The highest BCUT2D eigenvalue weighted by atomic mass is 28.5. The summed E-state index contributed by atoms with van der Waals surface area (Å²) >= 11 is 0. The largest absolute Gasteiger partial charge is 0.453 e. The van der Waals surface area contributed by atoms with Gasteiger partial charge in [-0.15, -0.1) is 6.58 Å². The number of quaternary nitrogens is 1. The van der Waals surface area contributed by atoms with Crippen LogP contribution in [-0.4, -0.2) is 138 Å². The molecule has 0 aliphatic heterocycles. The minimum absolute atomic E-state index is 0. The fourth-order valence-corrected chi connectivity index (χ4v) is 37.4. The molecule has 0 saturated carbocycles. The molecule has 0 aliphatic rings. The van der Waals surface area contributed by atoms with E-state index in [-0.39, 0.29) is 78.6 Å². The monoisotopic (exact) mass is 1030 g/mol. The molecule has 13 nitrogen and oxygen atoms in total. The van der Waals surface area contributed by atoms with Crippen molar-refractivity contribution >= 4 is 59.8 Å². The Kier molecular flexibility index (Phi) is 59.5. The molecule has 0 aromatic heterocycles. The molecule has 0 bridgehead atoms. The molecule has 0 fully saturated rings. The lowest BCUT2D eigenvalue weighted by Gasteiger charge is -2.45. The third kappa shape index (κ3) is 38.8. The van der Waals surface area contributed by atoms with Crippen LogP contribution in [0.2, 0.25) is 91.2 Å². The topological polar surface area (TPSA) is 104 Å². The Morgan fingerprint density at radius 1 is 0.468 bits per heavy atom. The van der Waals surface area contributed by atoms with Gasteiger partial charge < -0.3 is 34.2 Å². The smallest absolute Gasteiger partial charge is 0.416 e. The molecular formula is C42H125N4O9Si7+. The van der Waals surface area contributed by atoms with Crippen LogP contribution in [-0.2, 0) is 34.2 Å². The van der Waals surface area contributed by atoms with E-state index in [0.29, 0.717) is 13.1 Å². The van der Waals surface area contributed by atoms with Gasteiger partial charge >= 0.3 is 59.8 Å². The van der Waals surface area contributed by atoms with Crippen LogP contribution in [0, 0.1) is 0 Å². The van der Waals surface area contributed by atoms with E-state index in [1.807, 2.05) is 49.2 Å². The van der Waals surface area contributed by atoms with Crippen LogP contribution in [0.4, 0.5) is 0 Å². The van der Waals surface area contributed by atoms with Gasteiger partial charge in [0.25, 0.3) is 0 Å². The van der Waals surface area contributed by atoms with Crippen molar-refractivity contribution in [3.8, 4) is 0 Å². The van der Waals surface area contributed by atoms with Gasteiger partial charge in [0.15, 0.2) is 0 Å². The molecule has 20 heteroatoms. The van der Waals surface area contributed by atoms with Crippen molar-refractivity contribution in [3.63, 3.8) is 0 Å². The maximum atomic E-state index is 11.1. The summed E-state index contributed by atoms with van der Waals surface area (Å²) in [6, 6.07) is 0.858. The molecule has 394 valence electrons. The summed E-state index contributed by atoms with van der Waals surface area (Å²) in [5, 5.41) is 16.7. The molecule has 62 heavy (non-hydrogen) atoms. The second-order valence-electron chi connectivity index (χ2n) is 16.1. The van der Waals surface area contributed by atoms with Gasteiger partial charge in [-0.25, -0.2) is 19.6 Å².